The molecule has 4 rings (SSSR count). The number of amides is 2. The summed E-state index contributed by atoms with van der Waals surface area (Å²) in [5.41, 5.74) is 0.884. The minimum Gasteiger partial charge on any atom is -0.478 e. The van der Waals surface area contributed by atoms with E-state index in [1.807, 2.05) is 45.0 Å². The van der Waals surface area contributed by atoms with Gasteiger partial charge in [0.25, 0.3) is 5.91 Å². The first-order valence-electron chi connectivity index (χ1n) is 14.8. The van der Waals surface area contributed by atoms with Crippen molar-refractivity contribution < 1.29 is 19.1 Å². The molecule has 1 aromatic heterocycles. The van der Waals surface area contributed by atoms with Crippen molar-refractivity contribution in [2.45, 2.75) is 58.5 Å². The fourth-order valence-electron chi connectivity index (χ4n) is 5.46. The Morgan fingerprint density at radius 1 is 0.975 bits per heavy atom. The second-order valence-electron chi connectivity index (χ2n) is 12.4. The fraction of sp³-hybridized carbons (Fsp3) is 0.645. The first kappa shape index (κ1) is 30.1. The first-order chi connectivity index (χ1) is 19.2. The highest BCUT2D eigenvalue weighted by Crippen LogP contribution is 2.28. The number of likely N-dealkylation sites (N-methyl/N-ethyl adjacent to an activating group) is 1. The number of hydrogen-bond donors (Lipinski definition) is 2. The number of carbonyl (C=O) groups is 2. The molecule has 0 unspecified atom stereocenters. The van der Waals surface area contributed by atoms with Gasteiger partial charge in [-0.1, -0.05) is 18.2 Å². The molecule has 9 heteroatoms. The number of aromatic nitrogens is 1. The van der Waals surface area contributed by atoms with Crippen LogP contribution in [0.5, 0.6) is 5.88 Å². The van der Waals surface area contributed by atoms with Crippen molar-refractivity contribution in [3.8, 4) is 5.88 Å². The first-order valence-corrected chi connectivity index (χ1v) is 14.8. The maximum absolute atomic E-state index is 13.3. The Balaban J connectivity index is 1.24. The van der Waals surface area contributed by atoms with Crippen LogP contribution in [0.3, 0.4) is 0 Å². The summed E-state index contributed by atoms with van der Waals surface area (Å²) in [4.78, 5) is 34.7. The monoisotopic (exact) mass is 553 g/mol. The van der Waals surface area contributed by atoms with Crippen molar-refractivity contribution in [1.29, 1.82) is 0 Å². The number of fused-ring (bicyclic) bond motifs is 1. The van der Waals surface area contributed by atoms with Crippen LogP contribution >= 0.6 is 0 Å². The second kappa shape index (κ2) is 14.1. The van der Waals surface area contributed by atoms with E-state index in [4.69, 9.17) is 9.47 Å². The van der Waals surface area contributed by atoms with E-state index in [1.54, 1.807) is 6.07 Å². The number of carbonyl (C=O) groups excluding carboxylic acids is 2. The zero-order valence-electron chi connectivity index (χ0n) is 24.7. The molecule has 2 N–H and O–H groups in total. The number of benzene rings is 1. The lowest BCUT2D eigenvalue weighted by Crippen LogP contribution is -2.44. The molecule has 0 atom stereocenters. The lowest BCUT2D eigenvalue weighted by atomic mass is 9.82. The molecule has 2 aliphatic rings. The third kappa shape index (κ3) is 9.34. The van der Waals surface area contributed by atoms with Gasteiger partial charge in [0.2, 0.25) is 5.88 Å². The van der Waals surface area contributed by atoms with E-state index in [9.17, 15) is 9.59 Å². The fourth-order valence-corrected chi connectivity index (χ4v) is 5.46. The average molecular weight is 554 g/mol. The number of hydrogen-bond acceptors (Lipinski definition) is 7. The third-order valence-corrected chi connectivity index (χ3v) is 7.85. The van der Waals surface area contributed by atoms with Gasteiger partial charge in [-0.05, 0) is 77.8 Å². The molecule has 0 radical (unpaired) electrons. The number of nitrogens with zero attached hydrogens (tertiary/aromatic N) is 3. The summed E-state index contributed by atoms with van der Waals surface area (Å²) in [5.74, 6) is 1.29. The Hall–Kier alpha value is -2.91. The van der Waals surface area contributed by atoms with Crippen molar-refractivity contribution in [1.82, 2.24) is 25.4 Å². The molecule has 1 aliphatic heterocycles. The zero-order valence-corrected chi connectivity index (χ0v) is 24.7. The summed E-state index contributed by atoms with van der Waals surface area (Å²) in [6.07, 6.45) is 4.68. The van der Waals surface area contributed by atoms with Crippen LogP contribution in [-0.4, -0.2) is 91.9 Å². The molecule has 2 amide bonds. The standard InChI is InChI=1S/C31H47N5O4/c1-31(2,3)40-30(38)33-22-24-12-10-23(11-13-24)21-32-29(37)26-20-28(34-27-9-6-5-8-25(26)27)39-19-7-14-36-17-15-35(4)16-18-36/h5-6,8-9,20,23-24H,7,10-19,21-22H2,1-4H3,(H,32,37)(H,33,38)/t23-,24-. The smallest absolute Gasteiger partial charge is 0.407 e. The molecule has 220 valence electrons. The van der Waals surface area contributed by atoms with Gasteiger partial charge in [-0.2, -0.15) is 0 Å². The lowest BCUT2D eigenvalue weighted by Gasteiger charge is -2.32. The SMILES string of the molecule is CN1CCN(CCCOc2cc(C(=O)NC[C@H]3CC[C@H](CNC(=O)OC(C)(C)C)CC3)c3ccccc3n2)CC1. The van der Waals surface area contributed by atoms with Gasteiger partial charge in [0.1, 0.15) is 5.60 Å². The highest BCUT2D eigenvalue weighted by Gasteiger charge is 2.24. The van der Waals surface area contributed by atoms with E-state index in [-0.39, 0.29) is 12.0 Å². The molecule has 2 fully saturated rings. The normalized spacial score (nSPS) is 20.7. The van der Waals surface area contributed by atoms with Gasteiger partial charge in [0.05, 0.1) is 17.7 Å². The summed E-state index contributed by atoms with van der Waals surface area (Å²) in [7, 11) is 2.17. The molecule has 2 heterocycles. The Morgan fingerprint density at radius 3 is 2.30 bits per heavy atom. The van der Waals surface area contributed by atoms with Crippen LogP contribution in [-0.2, 0) is 4.74 Å². The van der Waals surface area contributed by atoms with Crippen LogP contribution in [0.25, 0.3) is 10.9 Å². The highest BCUT2D eigenvalue weighted by atomic mass is 16.6. The van der Waals surface area contributed by atoms with E-state index >= 15 is 0 Å². The molecule has 1 aromatic carbocycles. The molecule has 40 heavy (non-hydrogen) atoms. The molecule has 9 nitrogen and oxygen atoms in total. The topological polar surface area (TPSA) is 96.0 Å². The summed E-state index contributed by atoms with van der Waals surface area (Å²) in [6.45, 7) is 12.9. The van der Waals surface area contributed by atoms with Gasteiger partial charge < -0.3 is 29.9 Å². The van der Waals surface area contributed by atoms with Gasteiger partial charge in [-0.3, -0.25) is 4.79 Å². The zero-order chi connectivity index (χ0) is 28.5. The van der Waals surface area contributed by atoms with Gasteiger partial charge in [0.15, 0.2) is 0 Å². The Morgan fingerprint density at radius 2 is 1.62 bits per heavy atom. The summed E-state index contributed by atoms with van der Waals surface area (Å²) < 4.78 is 11.4. The quantitative estimate of drug-likeness (QED) is 0.423. The van der Waals surface area contributed by atoms with Crippen molar-refractivity contribution in [3.05, 3.63) is 35.9 Å². The number of ether oxygens (including phenoxy) is 2. The molecule has 1 saturated heterocycles. The predicted octanol–water partition coefficient (Wildman–Crippen LogP) is 4.31. The number of alkyl carbamates (subject to hydrolysis) is 1. The molecular formula is C31H47N5O4. The van der Waals surface area contributed by atoms with E-state index in [2.05, 4.69) is 32.5 Å². The van der Waals surface area contributed by atoms with Crippen molar-refractivity contribution in [2.24, 2.45) is 11.8 Å². The van der Waals surface area contributed by atoms with E-state index in [0.717, 1.165) is 75.7 Å². The number of piperazine rings is 1. The van der Waals surface area contributed by atoms with Gasteiger partial charge >= 0.3 is 6.09 Å². The number of rotatable bonds is 10. The van der Waals surface area contributed by atoms with Crippen molar-refractivity contribution in [3.63, 3.8) is 0 Å². The molecule has 0 bridgehead atoms. The van der Waals surface area contributed by atoms with Crippen LogP contribution in [0.15, 0.2) is 30.3 Å². The van der Waals surface area contributed by atoms with Crippen molar-refractivity contribution in [2.75, 3.05) is 59.5 Å². The number of nitrogens with one attached hydrogen (secondary N) is 2. The van der Waals surface area contributed by atoms with E-state index in [1.165, 1.54) is 0 Å². The molecular weight excluding hydrogens is 506 g/mol. The number of pyridine rings is 1. The van der Waals surface area contributed by atoms with Crippen LogP contribution in [0.2, 0.25) is 0 Å². The van der Waals surface area contributed by atoms with Gasteiger partial charge in [0, 0.05) is 57.3 Å². The average Bonchev–Trinajstić information content (AvgIpc) is 2.93. The summed E-state index contributed by atoms with van der Waals surface area (Å²) in [6, 6.07) is 9.52. The summed E-state index contributed by atoms with van der Waals surface area (Å²) in [5, 5.41) is 6.91. The van der Waals surface area contributed by atoms with Crippen LogP contribution in [0.1, 0.15) is 63.2 Å². The molecule has 1 aliphatic carbocycles. The maximum atomic E-state index is 13.3. The lowest BCUT2D eigenvalue weighted by molar-refractivity contribution is 0.0512. The predicted molar refractivity (Wildman–Crippen MR) is 158 cm³/mol. The van der Waals surface area contributed by atoms with Gasteiger partial charge in [-0.15, -0.1) is 0 Å². The Bertz CT molecular complexity index is 1120. The minimum absolute atomic E-state index is 0.0883. The second-order valence-corrected chi connectivity index (χ2v) is 12.4. The highest BCUT2D eigenvalue weighted by molar-refractivity contribution is 6.06. The van der Waals surface area contributed by atoms with E-state index in [0.29, 0.717) is 43.0 Å². The van der Waals surface area contributed by atoms with E-state index < -0.39 is 5.60 Å². The van der Waals surface area contributed by atoms with Crippen LogP contribution in [0.4, 0.5) is 4.79 Å². The Kier molecular flexibility index (Phi) is 10.6. The largest absolute Gasteiger partial charge is 0.478 e. The number of para-hydroxylation sites is 1. The maximum Gasteiger partial charge on any atom is 0.407 e. The van der Waals surface area contributed by atoms with Crippen LogP contribution in [0, 0.1) is 11.8 Å². The Labute approximate surface area is 239 Å². The minimum atomic E-state index is -0.489. The molecule has 0 spiro atoms. The van der Waals surface area contributed by atoms with Crippen molar-refractivity contribution >= 4 is 22.9 Å². The molecule has 1 saturated carbocycles. The van der Waals surface area contributed by atoms with Gasteiger partial charge in [-0.25, -0.2) is 9.78 Å². The summed E-state index contributed by atoms with van der Waals surface area (Å²) >= 11 is 0. The van der Waals surface area contributed by atoms with Crippen LogP contribution < -0.4 is 15.4 Å². The molecule has 2 aromatic rings. The third-order valence-electron chi connectivity index (χ3n) is 7.85.